The minimum atomic E-state index is -3.71. The molecule has 0 saturated carbocycles. The van der Waals surface area contributed by atoms with E-state index in [2.05, 4.69) is 0 Å². The number of hydrogen-bond donors (Lipinski definition) is 0. The quantitative estimate of drug-likeness (QED) is 0.538. The van der Waals surface area contributed by atoms with Crippen LogP contribution in [-0.4, -0.2) is 42.1 Å². The van der Waals surface area contributed by atoms with Crippen LogP contribution in [0.4, 0.5) is 4.79 Å². The van der Waals surface area contributed by atoms with Crippen LogP contribution in [0.2, 0.25) is 0 Å². The van der Waals surface area contributed by atoms with E-state index in [9.17, 15) is 13.2 Å². The van der Waals surface area contributed by atoms with Crippen LogP contribution >= 0.6 is 0 Å². The summed E-state index contributed by atoms with van der Waals surface area (Å²) in [6.45, 7) is 8.69. The number of piperidine rings is 1. The number of rotatable bonds is 3. The largest absolute Gasteiger partial charge is 0.444 e. The summed E-state index contributed by atoms with van der Waals surface area (Å²) in [5, 5.41) is 0.943. The van der Waals surface area contributed by atoms with Gasteiger partial charge in [0.2, 0.25) is 0 Å². The smallest absolute Gasteiger partial charge is 0.410 e. The van der Waals surface area contributed by atoms with Gasteiger partial charge in [-0.1, -0.05) is 35.9 Å². The molecule has 1 aromatic heterocycles. The van der Waals surface area contributed by atoms with Gasteiger partial charge in [0.25, 0.3) is 10.0 Å². The van der Waals surface area contributed by atoms with Crippen molar-refractivity contribution in [2.45, 2.75) is 57.0 Å². The minimum Gasteiger partial charge on any atom is -0.444 e. The third-order valence-electron chi connectivity index (χ3n) is 5.87. The number of amides is 1. The summed E-state index contributed by atoms with van der Waals surface area (Å²) in [5.41, 5.74) is 2.18. The van der Waals surface area contributed by atoms with Crippen molar-refractivity contribution in [2.75, 3.05) is 13.1 Å². The fraction of sp³-hybridized carbons (Fsp3) is 0.400. The van der Waals surface area contributed by atoms with Gasteiger partial charge in [0.1, 0.15) is 5.60 Å². The highest BCUT2D eigenvalue weighted by atomic mass is 32.2. The molecule has 0 spiro atoms. The van der Waals surface area contributed by atoms with Crippen molar-refractivity contribution in [3.63, 3.8) is 0 Å². The minimum absolute atomic E-state index is 0.174. The Labute approximate surface area is 189 Å². The van der Waals surface area contributed by atoms with Gasteiger partial charge < -0.3 is 9.64 Å². The molecule has 1 fully saturated rings. The fourth-order valence-electron chi connectivity index (χ4n) is 4.22. The molecule has 2 heterocycles. The molecule has 0 radical (unpaired) electrons. The molecule has 7 heteroatoms. The number of para-hydroxylation sites is 1. The lowest BCUT2D eigenvalue weighted by Crippen LogP contribution is -2.41. The van der Waals surface area contributed by atoms with Crippen molar-refractivity contribution in [1.82, 2.24) is 8.87 Å². The van der Waals surface area contributed by atoms with E-state index in [4.69, 9.17) is 4.74 Å². The van der Waals surface area contributed by atoms with Gasteiger partial charge in [0.05, 0.1) is 10.4 Å². The SMILES string of the molecule is Cc1ccc(S(=O)(=O)n2cc(C3CCN(C(=O)OC(C)(C)C)CC3)c3ccccc32)cc1. The molecular formula is C25H30N2O4S. The number of carbonyl (C=O) groups excluding carboxylic acids is 1. The normalized spacial score (nSPS) is 15.8. The van der Waals surface area contributed by atoms with E-state index >= 15 is 0 Å². The summed E-state index contributed by atoms with van der Waals surface area (Å²) in [4.78, 5) is 14.4. The first-order chi connectivity index (χ1) is 15.1. The third-order valence-corrected chi connectivity index (χ3v) is 7.56. The van der Waals surface area contributed by atoms with Crippen LogP contribution in [0, 0.1) is 6.92 Å². The number of fused-ring (bicyclic) bond motifs is 1. The summed E-state index contributed by atoms with van der Waals surface area (Å²) in [6.07, 6.45) is 3.00. The van der Waals surface area contributed by atoms with Gasteiger partial charge in [-0.05, 0) is 70.2 Å². The van der Waals surface area contributed by atoms with Crippen molar-refractivity contribution in [3.8, 4) is 0 Å². The van der Waals surface area contributed by atoms with Crippen molar-refractivity contribution >= 4 is 27.0 Å². The number of likely N-dealkylation sites (tertiary alicyclic amines) is 1. The van der Waals surface area contributed by atoms with Crippen LogP contribution in [0.15, 0.2) is 59.6 Å². The average molecular weight is 455 g/mol. The van der Waals surface area contributed by atoms with Gasteiger partial charge in [0, 0.05) is 24.7 Å². The number of nitrogens with zero attached hydrogens (tertiary/aromatic N) is 2. The van der Waals surface area contributed by atoms with E-state index in [1.165, 1.54) is 3.97 Å². The van der Waals surface area contributed by atoms with Gasteiger partial charge in [-0.15, -0.1) is 0 Å². The summed E-state index contributed by atoms with van der Waals surface area (Å²) >= 11 is 0. The molecule has 0 atom stereocenters. The number of aromatic nitrogens is 1. The molecule has 32 heavy (non-hydrogen) atoms. The van der Waals surface area contributed by atoms with Crippen LogP contribution in [-0.2, 0) is 14.8 Å². The topological polar surface area (TPSA) is 68.6 Å². The molecular weight excluding hydrogens is 424 g/mol. The molecule has 0 aliphatic carbocycles. The maximum absolute atomic E-state index is 13.4. The first-order valence-electron chi connectivity index (χ1n) is 11.0. The predicted molar refractivity (Wildman–Crippen MR) is 125 cm³/mol. The van der Waals surface area contributed by atoms with E-state index in [0.717, 1.165) is 29.4 Å². The Bertz CT molecular complexity index is 1230. The zero-order valence-corrected chi connectivity index (χ0v) is 19.9. The van der Waals surface area contributed by atoms with E-state index in [1.807, 2.05) is 64.1 Å². The molecule has 4 rings (SSSR count). The molecule has 1 aliphatic rings. The Kier molecular flexibility index (Phi) is 5.79. The Morgan fingerprint density at radius 2 is 1.62 bits per heavy atom. The van der Waals surface area contributed by atoms with E-state index in [-0.39, 0.29) is 16.9 Å². The monoisotopic (exact) mass is 454 g/mol. The summed E-state index contributed by atoms with van der Waals surface area (Å²) < 4.78 is 33.7. The molecule has 0 bridgehead atoms. The fourth-order valence-corrected chi connectivity index (χ4v) is 5.60. The molecule has 2 aromatic carbocycles. The van der Waals surface area contributed by atoms with Gasteiger partial charge in [0.15, 0.2) is 0 Å². The van der Waals surface area contributed by atoms with Gasteiger partial charge in [-0.2, -0.15) is 0 Å². The predicted octanol–water partition coefficient (Wildman–Crippen LogP) is 5.30. The van der Waals surface area contributed by atoms with Crippen LogP contribution in [0.5, 0.6) is 0 Å². The number of benzene rings is 2. The lowest BCUT2D eigenvalue weighted by molar-refractivity contribution is 0.0205. The van der Waals surface area contributed by atoms with Crippen molar-refractivity contribution in [2.24, 2.45) is 0 Å². The highest BCUT2D eigenvalue weighted by Gasteiger charge is 2.30. The molecule has 6 nitrogen and oxygen atoms in total. The Balaban J connectivity index is 1.63. The standard InChI is InChI=1S/C25H30N2O4S/c1-18-9-11-20(12-10-18)32(29,30)27-17-22(21-7-5-6-8-23(21)27)19-13-15-26(16-14-19)24(28)31-25(2,3)4/h5-12,17,19H,13-16H2,1-4H3. The molecule has 170 valence electrons. The number of aryl methyl sites for hydroxylation is 1. The van der Waals surface area contributed by atoms with E-state index in [1.54, 1.807) is 23.2 Å². The van der Waals surface area contributed by atoms with Gasteiger partial charge in [-0.25, -0.2) is 17.2 Å². The second-order valence-electron chi connectivity index (χ2n) is 9.46. The number of ether oxygens (including phenoxy) is 1. The van der Waals surface area contributed by atoms with E-state index < -0.39 is 15.6 Å². The lowest BCUT2D eigenvalue weighted by Gasteiger charge is -2.33. The van der Waals surface area contributed by atoms with Crippen molar-refractivity contribution in [1.29, 1.82) is 0 Å². The second kappa shape index (κ2) is 8.28. The van der Waals surface area contributed by atoms with Crippen LogP contribution in [0.25, 0.3) is 10.9 Å². The first-order valence-corrected chi connectivity index (χ1v) is 12.4. The summed E-state index contributed by atoms with van der Waals surface area (Å²) in [7, 11) is -3.71. The Morgan fingerprint density at radius 1 is 1.00 bits per heavy atom. The molecule has 0 N–H and O–H groups in total. The maximum atomic E-state index is 13.4. The summed E-state index contributed by atoms with van der Waals surface area (Å²) in [6, 6.07) is 14.5. The Hall–Kier alpha value is -2.80. The zero-order chi connectivity index (χ0) is 23.1. The van der Waals surface area contributed by atoms with Crippen molar-refractivity contribution < 1.29 is 17.9 Å². The van der Waals surface area contributed by atoms with Crippen LogP contribution in [0.1, 0.15) is 50.7 Å². The van der Waals surface area contributed by atoms with Crippen molar-refractivity contribution in [3.05, 3.63) is 65.9 Å². The zero-order valence-electron chi connectivity index (χ0n) is 19.0. The second-order valence-corrected chi connectivity index (χ2v) is 11.3. The molecule has 3 aromatic rings. The van der Waals surface area contributed by atoms with Gasteiger partial charge in [-0.3, -0.25) is 0 Å². The highest BCUT2D eigenvalue weighted by Crippen LogP contribution is 2.36. The number of carbonyl (C=O) groups is 1. The molecule has 1 amide bonds. The third kappa shape index (κ3) is 4.39. The highest BCUT2D eigenvalue weighted by molar-refractivity contribution is 7.90. The van der Waals surface area contributed by atoms with E-state index in [0.29, 0.717) is 18.6 Å². The van der Waals surface area contributed by atoms with Crippen LogP contribution < -0.4 is 0 Å². The molecule has 0 unspecified atom stereocenters. The average Bonchev–Trinajstić information content (AvgIpc) is 3.13. The van der Waals surface area contributed by atoms with Gasteiger partial charge >= 0.3 is 6.09 Å². The Morgan fingerprint density at radius 3 is 2.25 bits per heavy atom. The maximum Gasteiger partial charge on any atom is 0.410 e. The van der Waals surface area contributed by atoms with Crippen LogP contribution in [0.3, 0.4) is 0 Å². The lowest BCUT2D eigenvalue weighted by atomic mass is 9.89. The first kappa shape index (κ1) is 22.4. The summed E-state index contributed by atoms with van der Waals surface area (Å²) in [5.74, 6) is 0.174. The number of hydrogen-bond acceptors (Lipinski definition) is 4. The molecule has 1 aliphatic heterocycles. The molecule has 1 saturated heterocycles.